The zero-order chi connectivity index (χ0) is 33.9. The van der Waals surface area contributed by atoms with Crippen molar-refractivity contribution in [2.75, 3.05) is 13.2 Å². The quantitative estimate of drug-likeness (QED) is 0.0958. The molecule has 1 unspecified atom stereocenters. The molecule has 1 aliphatic rings. The molecule has 1 amide bonds. The highest BCUT2D eigenvalue weighted by Crippen LogP contribution is 2.39. The van der Waals surface area contributed by atoms with Gasteiger partial charge in [0.2, 0.25) is 17.5 Å². The maximum absolute atomic E-state index is 14.1. The third kappa shape index (κ3) is 7.23. The lowest BCUT2D eigenvalue weighted by molar-refractivity contribution is -0.143. The Labute approximate surface area is 268 Å². The fourth-order valence-corrected chi connectivity index (χ4v) is 5.91. The first-order chi connectivity index (χ1) is 22.4. The number of hydrogen-bond donors (Lipinski definition) is 3. The lowest BCUT2D eigenvalue weighted by Gasteiger charge is -2.42. The molecule has 0 aromatic heterocycles. The van der Waals surface area contributed by atoms with E-state index < -0.39 is 77.5 Å². The smallest absolute Gasteiger partial charge is 0.305 e. The van der Waals surface area contributed by atoms with Gasteiger partial charge in [-0.2, -0.15) is 8.78 Å². The van der Waals surface area contributed by atoms with Crippen LogP contribution in [0.3, 0.4) is 0 Å². The Morgan fingerprint density at radius 2 is 1.57 bits per heavy atom. The van der Waals surface area contributed by atoms with Crippen LogP contribution in [0.25, 0.3) is 21.5 Å². The van der Waals surface area contributed by atoms with Gasteiger partial charge in [-0.3, -0.25) is 19.7 Å². The fourth-order valence-electron chi connectivity index (χ4n) is 5.91. The van der Waals surface area contributed by atoms with E-state index in [2.05, 4.69) is 22.8 Å². The van der Waals surface area contributed by atoms with Gasteiger partial charge >= 0.3 is 5.97 Å². The second-order valence-corrected chi connectivity index (χ2v) is 11.9. The molecule has 5 rings (SSSR count). The Balaban J connectivity index is 1.42. The molecule has 4 aromatic carbocycles. The van der Waals surface area contributed by atoms with Gasteiger partial charge in [-0.05, 0) is 58.9 Å². The van der Waals surface area contributed by atoms with Gasteiger partial charge in [-0.1, -0.05) is 56.3 Å². The zero-order valence-electron chi connectivity index (χ0n) is 25.7. The summed E-state index contributed by atoms with van der Waals surface area (Å²) in [7, 11) is 0. The lowest BCUT2D eigenvalue weighted by Crippen LogP contribution is -2.60. The van der Waals surface area contributed by atoms with Crippen LogP contribution < -0.4 is 15.4 Å². The van der Waals surface area contributed by atoms with Crippen molar-refractivity contribution in [1.82, 2.24) is 10.6 Å². The minimum Gasteiger partial charge on any atom is -0.481 e. The highest BCUT2D eigenvalue weighted by atomic mass is 19.2. The number of ether oxygens (including phenoxy) is 2. The number of carbonyl (C=O) groups is 3. The van der Waals surface area contributed by atoms with Crippen molar-refractivity contribution >= 4 is 39.2 Å². The second-order valence-electron chi connectivity index (χ2n) is 11.9. The Hall–Kier alpha value is -4.55. The standard InChI is InChI=1S/C35H34F4N2O6/c1-19(2)32(34(45)40-27(17-29(43)44)28(42)18-46-33-30(38)25(36)16-26(37)31(33)39)41-35(12-5-6-13-47-35)24-11-7-10-22-14-20-8-3-4-9-21(20)15-23(22)24/h3-4,7-11,14-16,19,27,32,41H,5-6,12-13,17-18H2,1-2H3,(H,40,45)(H,43,44)/t27-,32-,35?/m0/s1. The molecule has 0 saturated carbocycles. The van der Waals surface area contributed by atoms with Crippen LogP contribution in [0.1, 0.15) is 45.1 Å². The number of Topliss-reactive ketones (excluding diaryl/α,β-unsaturated/α-hetero) is 1. The molecule has 12 heteroatoms. The van der Waals surface area contributed by atoms with Crippen LogP contribution in [-0.4, -0.2) is 48.1 Å². The molecule has 1 aliphatic heterocycles. The predicted molar refractivity (Wildman–Crippen MR) is 166 cm³/mol. The summed E-state index contributed by atoms with van der Waals surface area (Å²) >= 11 is 0. The van der Waals surface area contributed by atoms with Gasteiger partial charge in [0.1, 0.15) is 18.4 Å². The van der Waals surface area contributed by atoms with Crippen molar-refractivity contribution < 1.29 is 46.5 Å². The maximum Gasteiger partial charge on any atom is 0.305 e. The van der Waals surface area contributed by atoms with Crippen LogP contribution in [0, 0.1) is 29.2 Å². The molecule has 1 fully saturated rings. The summed E-state index contributed by atoms with van der Waals surface area (Å²) < 4.78 is 66.6. The maximum atomic E-state index is 14.1. The molecule has 248 valence electrons. The second kappa shape index (κ2) is 14.1. The van der Waals surface area contributed by atoms with E-state index in [0.29, 0.717) is 13.0 Å². The number of nitrogens with one attached hydrogen (secondary N) is 2. The molecule has 0 radical (unpaired) electrons. The minimum absolute atomic E-state index is 0.0187. The number of rotatable bonds is 12. The van der Waals surface area contributed by atoms with Crippen molar-refractivity contribution in [1.29, 1.82) is 0 Å². The number of hydrogen-bond acceptors (Lipinski definition) is 6. The third-order valence-electron chi connectivity index (χ3n) is 8.31. The first-order valence-electron chi connectivity index (χ1n) is 15.2. The number of amides is 1. The van der Waals surface area contributed by atoms with Crippen molar-refractivity contribution in [2.24, 2.45) is 5.92 Å². The molecule has 4 aromatic rings. The highest BCUT2D eigenvalue weighted by molar-refractivity contribution is 6.00. The van der Waals surface area contributed by atoms with Crippen LogP contribution in [0.15, 0.2) is 60.7 Å². The van der Waals surface area contributed by atoms with Crippen LogP contribution >= 0.6 is 0 Å². The molecular formula is C35H34F4N2O6. The molecule has 3 N–H and O–H groups in total. The molecular weight excluding hydrogens is 620 g/mol. The van der Waals surface area contributed by atoms with Gasteiger partial charge in [-0.15, -0.1) is 0 Å². The molecule has 3 atom stereocenters. The summed E-state index contributed by atoms with van der Waals surface area (Å²) in [4.78, 5) is 38.5. The first-order valence-corrected chi connectivity index (χ1v) is 15.2. The summed E-state index contributed by atoms with van der Waals surface area (Å²) in [5.74, 6) is -12.3. The van der Waals surface area contributed by atoms with Crippen molar-refractivity contribution in [2.45, 2.75) is 57.3 Å². The van der Waals surface area contributed by atoms with E-state index >= 15 is 0 Å². The van der Waals surface area contributed by atoms with Crippen molar-refractivity contribution in [3.8, 4) is 5.75 Å². The van der Waals surface area contributed by atoms with E-state index in [0.717, 1.165) is 39.9 Å². The summed E-state index contributed by atoms with van der Waals surface area (Å²) in [6.45, 7) is 2.78. The van der Waals surface area contributed by atoms with E-state index in [-0.39, 0.29) is 12.0 Å². The van der Waals surface area contributed by atoms with E-state index in [1.54, 1.807) is 13.8 Å². The molecule has 0 aliphatic carbocycles. The van der Waals surface area contributed by atoms with Crippen LogP contribution in [0.2, 0.25) is 0 Å². The molecule has 47 heavy (non-hydrogen) atoms. The van der Waals surface area contributed by atoms with Gasteiger partial charge in [0.15, 0.2) is 23.2 Å². The van der Waals surface area contributed by atoms with Gasteiger partial charge in [0.25, 0.3) is 0 Å². The number of fused-ring (bicyclic) bond motifs is 2. The SMILES string of the molecule is CC(C)[C@H](NC1(c2cccc3cc4ccccc4cc23)CCCCO1)C(=O)N[C@@H](CC(=O)O)C(=O)COc1c(F)c(F)cc(F)c1F. The number of carboxylic acids is 1. The number of carbonyl (C=O) groups excluding carboxylic acids is 2. The molecule has 1 saturated heterocycles. The van der Waals surface area contributed by atoms with E-state index in [9.17, 15) is 37.1 Å². The Kier molecular flexibility index (Phi) is 10.1. The van der Waals surface area contributed by atoms with Gasteiger partial charge in [0.05, 0.1) is 12.5 Å². The average molecular weight is 655 g/mol. The van der Waals surface area contributed by atoms with E-state index in [1.807, 2.05) is 42.5 Å². The Morgan fingerprint density at radius 1 is 0.915 bits per heavy atom. The topological polar surface area (TPSA) is 114 Å². The highest BCUT2D eigenvalue weighted by Gasteiger charge is 2.41. The lowest BCUT2D eigenvalue weighted by atomic mass is 9.87. The van der Waals surface area contributed by atoms with Gasteiger partial charge < -0.3 is 19.9 Å². The Bertz CT molecular complexity index is 1800. The summed E-state index contributed by atoms with van der Waals surface area (Å²) in [6, 6.07) is 15.2. The summed E-state index contributed by atoms with van der Waals surface area (Å²) in [5.41, 5.74) is -0.296. The minimum atomic E-state index is -1.86. The van der Waals surface area contributed by atoms with E-state index in [1.165, 1.54) is 0 Å². The van der Waals surface area contributed by atoms with Crippen LogP contribution in [-0.2, 0) is 24.8 Å². The first kappa shape index (κ1) is 33.8. The number of benzene rings is 4. The van der Waals surface area contributed by atoms with E-state index in [4.69, 9.17) is 9.47 Å². The monoisotopic (exact) mass is 654 g/mol. The predicted octanol–water partition coefficient (Wildman–Crippen LogP) is 6.12. The molecule has 1 heterocycles. The third-order valence-corrected chi connectivity index (χ3v) is 8.31. The average Bonchev–Trinajstić information content (AvgIpc) is 3.04. The normalized spacial score (nSPS) is 17.9. The number of halogens is 4. The van der Waals surface area contributed by atoms with Gasteiger partial charge in [-0.25, -0.2) is 8.78 Å². The Morgan fingerprint density at radius 3 is 2.19 bits per heavy atom. The number of carboxylic acid groups (broad SMARTS) is 1. The number of ketones is 1. The van der Waals surface area contributed by atoms with Crippen LogP contribution in [0.4, 0.5) is 17.6 Å². The van der Waals surface area contributed by atoms with Crippen molar-refractivity contribution in [3.05, 3.63) is 89.5 Å². The largest absolute Gasteiger partial charge is 0.481 e. The fraction of sp³-hybridized carbons (Fsp3) is 0.343. The summed E-state index contributed by atoms with van der Waals surface area (Å²) in [5, 5.41) is 19.3. The van der Waals surface area contributed by atoms with Crippen molar-refractivity contribution in [3.63, 3.8) is 0 Å². The van der Waals surface area contributed by atoms with Crippen LogP contribution in [0.5, 0.6) is 5.75 Å². The molecule has 0 spiro atoms. The van der Waals surface area contributed by atoms with Gasteiger partial charge in [0, 0.05) is 18.2 Å². The molecule has 0 bridgehead atoms. The summed E-state index contributed by atoms with van der Waals surface area (Å²) in [6.07, 6.45) is 1.22. The molecule has 8 nitrogen and oxygen atoms in total. The number of aliphatic carboxylic acids is 1. The zero-order valence-corrected chi connectivity index (χ0v) is 25.7.